The Balaban J connectivity index is 1.41. The van der Waals surface area contributed by atoms with E-state index in [1.54, 1.807) is 24.5 Å². The fraction of sp³-hybridized carbons (Fsp3) is 0.429. The lowest BCUT2D eigenvalue weighted by atomic mass is 10.0. The van der Waals surface area contributed by atoms with Gasteiger partial charge >= 0.3 is 0 Å². The van der Waals surface area contributed by atoms with Gasteiger partial charge in [-0.1, -0.05) is 11.6 Å². The zero-order valence-corrected chi connectivity index (χ0v) is 16.0. The monoisotopic (exact) mass is 386 g/mol. The van der Waals surface area contributed by atoms with Crippen LogP contribution in [0.25, 0.3) is 0 Å². The summed E-state index contributed by atoms with van der Waals surface area (Å²) in [6, 6.07) is 9.08. The van der Waals surface area contributed by atoms with Crippen molar-refractivity contribution in [2.75, 3.05) is 11.9 Å². The van der Waals surface area contributed by atoms with Crippen LogP contribution in [0.5, 0.6) is 0 Å². The van der Waals surface area contributed by atoms with Crippen LogP contribution in [-0.4, -0.2) is 29.3 Å². The maximum Gasteiger partial charge on any atom is 0.255 e. The molecule has 3 atom stereocenters. The molecular formula is C21H23ClN2O3. The van der Waals surface area contributed by atoms with E-state index in [0.29, 0.717) is 16.3 Å². The Bertz CT molecular complexity index is 849. The molecule has 2 heterocycles. The Morgan fingerprint density at radius 1 is 1.26 bits per heavy atom. The summed E-state index contributed by atoms with van der Waals surface area (Å²) in [7, 11) is 0. The molecule has 27 heavy (non-hydrogen) atoms. The SMILES string of the molecule is C[C@@H]1CCCCN1C(=O)c1ccc(NC(=O)[C@H]2C[C@@H]2c2ccco2)cc1Cl. The van der Waals surface area contributed by atoms with E-state index in [-0.39, 0.29) is 29.7 Å². The smallest absolute Gasteiger partial charge is 0.255 e. The first-order valence-corrected chi connectivity index (χ1v) is 9.87. The quantitative estimate of drug-likeness (QED) is 0.829. The summed E-state index contributed by atoms with van der Waals surface area (Å²) in [4.78, 5) is 27.1. The number of furan rings is 1. The number of rotatable bonds is 4. The van der Waals surface area contributed by atoms with Crippen molar-refractivity contribution in [3.8, 4) is 0 Å². The molecule has 0 radical (unpaired) electrons. The first-order valence-electron chi connectivity index (χ1n) is 9.49. The Morgan fingerprint density at radius 3 is 2.81 bits per heavy atom. The van der Waals surface area contributed by atoms with E-state index in [1.807, 2.05) is 17.0 Å². The average Bonchev–Trinajstić information content (AvgIpc) is 3.27. The molecule has 1 aromatic carbocycles. The lowest BCUT2D eigenvalue weighted by Crippen LogP contribution is -2.42. The predicted molar refractivity (Wildman–Crippen MR) is 104 cm³/mol. The number of benzene rings is 1. The van der Waals surface area contributed by atoms with E-state index in [4.69, 9.17) is 16.0 Å². The molecule has 0 bridgehead atoms. The highest BCUT2D eigenvalue weighted by Crippen LogP contribution is 2.48. The number of piperidine rings is 1. The van der Waals surface area contributed by atoms with E-state index in [0.717, 1.165) is 38.0 Å². The first kappa shape index (κ1) is 18.1. The number of carbonyl (C=O) groups is 2. The van der Waals surface area contributed by atoms with Crippen molar-refractivity contribution >= 4 is 29.1 Å². The molecule has 2 aliphatic rings. The second kappa shape index (κ2) is 7.39. The van der Waals surface area contributed by atoms with Gasteiger partial charge in [-0.15, -0.1) is 0 Å². The van der Waals surface area contributed by atoms with Crippen LogP contribution in [0.15, 0.2) is 41.0 Å². The van der Waals surface area contributed by atoms with Crippen LogP contribution in [0.1, 0.15) is 54.6 Å². The number of hydrogen-bond acceptors (Lipinski definition) is 3. The average molecular weight is 387 g/mol. The molecule has 0 unspecified atom stereocenters. The van der Waals surface area contributed by atoms with Crippen LogP contribution in [0.3, 0.4) is 0 Å². The fourth-order valence-electron chi connectivity index (χ4n) is 3.86. The van der Waals surface area contributed by atoms with E-state index in [2.05, 4.69) is 12.2 Å². The Hall–Kier alpha value is -2.27. The molecule has 2 fully saturated rings. The number of likely N-dealkylation sites (tertiary alicyclic amines) is 1. The predicted octanol–water partition coefficient (Wildman–Crippen LogP) is 4.69. The summed E-state index contributed by atoms with van der Waals surface area (Å²) in [5.41, 5.74) is 1.10. The van der Waals surface area contributed by atoms with Gasteiger partial charge < -0.3 is 14.6 Å². The number of halogens is 1. The van der Waals surface area contributed by atoms with Gasteiger partial charge in [0, 0.05) is 30.1 Å². The molecule has 5 nitrogen and oxygen atoms in total. The van der Waals surface area contributed by atoms with E-state index < -0.39 is 0 Å². The summed E-state index contributed by atoms with van der Waals surface area (Å²) >= 11 is 6.37. The van der Waals surface area contributed by atoms with Crippen molar-refractivity contribution in [1.82, 2.24) is 4.90 Å². The Morgan fingerprint density at radius 2 is 2.11 bits per heavy atom. The fourth-order valence-corrected chi connectivity index (χ4v) is 4.12. The highest BCUT2D eigenvalue weighted by Gasteiger charge is 2.45. The van der Waals surface area contributed by atoms with Crippen LogP contribution in [0.4, 0.5) is 5.69 Å². The zero-order valence-electron chi connectivity index (χ0n) is 15.3. The largest absolute Gasteiger partial charge is 0.469 e. The third-order valence-electron chi connectivity index (χ3n) is 5.57. The normalized spacial score (nSPS) is 24.5. The maximum atomic E-state index is 12.8. The molecule has 4 rings (SSSR count). The van der Waals surface area contributed by atoms with Crippen LogP contribution in [0.2, 0.25) is 5.02 Å². The Labute approximate surface area is 163 Å². The molecule has 1 N–H and O–H groups in total. The minimum absolute atomic E-state index is 0.0369. The van der Waals surface area contributed by atoms with E-state index in [9.17, 15) is 9.59 Å². The van der Waals surface area contributed by atoms with Gasteiger partial charge in [0.2, 0.25) is 5.91 Å². The highest BCUT2D eigenvalue weighted by molar-refractivity contribution is 6.34. The first-order chi connectivity index (χ1) is 13.0. The van der Waals surface area contributed by atoms with Gasteiger partial charge in [0.25, 0.3) is 5.91 Å². The van der Waals surface area contributed by atoms with Crippen LogP contribution in [0, 0.1) is 5.92 Å². The molecule has 1 saturated heterocycles. The van der Waals surface area contributed by atoms with Crippen molar-refractivity contribution in [1.29, 1.82) is 0 Å². The number of hydrogen-bond donors (Lipinski definition) is 1. The van der Waals surface area contributed by atoms with Crippen molar-refractivity contribution < 1.29 is 14.0 Å². The third-order valence-corrected chi connectivity index (χ3v) is 5.88. The summed E-state index contributed by atoms with van der Waals surface area (Å²) in [5, 5.41) is 3.27. The highest BCUT2D eigenvalue weighted by atomic mass is 35.5. The van der Waals surface area contributed by atoms with Crippen LogP contribution < -0.4 is 5.32 Å². The van der Waals surface area contributed by atoms with Gasteiger partial charge in [0.15, 0.2) is 0 Å². The number of nitrogens with zero attached hydrogens (tertiary/aromatic N) is 1. The molecule has 142 valence electrons. The number of amides is 2. The summed E-state index contributed by atoms with van der Waals surface area (Å²) < 4.78 is 5.37. The van der Waals surface area contributed by atoms with Gasteiger partial charge in [0.1, 0.15) is 5.76 Å². The molecule has 2 aromatic rings. The Kier molecular flexibility index (Phi) is 4.96. The van der Waals surface area contributed by atoms with Gasteiger partial charge in [-0.05, 0) is 62.9 Å². The second-order valence-electron chi connectivity index (χ2n) is 7.49. The minimum Gasteiger partial charge on any atom is -0.469 e. The summed E-state index contributed by atoms with van der Waals surface area (Å²) in [6.45, 7) is 2.84. The maximum absolute atomic E-state index is 12.8. The van der Waals surface area contributed by atoms with Crippen LogP contribution in [-0.2, 0) is 4.79 Å². The topological polar surface area (TPSA) is 62.6 Å². The molecule has 2 amide bonds. The third kappa shape index (κ3) is 3.74. The minimum atomic E-state index is -0.0783. The number of anilines is 1. The van der Waals surface area contributed by atoms with Crippen LogP contribution >= 0.6 is 11.6 Å². The summed E-state index contributed by atoms with van der Waals surface area (Å²) in [5.74, 6) is 0.841. The lowest BCUT2D eigenvalue weighted by Gasteiger charge is -2.33. The second-order valence-corrected chi connectivity index (χ2v) is 7.90. The van der Waals surface area contributed by atoms with E-state index >= 15 is 0 Å². The van der Waals surface area contributed by atoms with Crippen molar-refractivity contribution in [3.63, 3.8) is 0 Å². The van der Waals surface area contributed by atoms with Crippen molar-refractivity contribution in [2.24, 2.45) is 5.92 Å². The molecule has 6 heteroatoms. The van der Waals surface area contributed by atoms with Crippen molar-refractivity contribution in [2.45, 2.75) is 44.6 Å². The van der Waals surface area contributed by atoms with Gasteiger partial charge in [-0.3, -0.25) is 9.59 Å². The van der Waals surface area contributed by atoms with E-state index in [1.165, 1.54) is 0 Å². The van der Waals surface area contributed by atoms with Gasteiger partial charge in [-0.2, -0.15) is 0 Å². The molecule has 1 aromatic heterocycles. The molecule has 1 aliphatic heterocycles. The summed E-state index contributed by atoms with van der Waals surface area (Å²) in [6.07, 6.45) is 5.62. The van der Waals surface area contributed by atoms with Gasteiger partial charge in [0.05, 0.1) is 16.8 Å². The zero-order chi connectivity index (χ0) is 19.0. The molecule has 0 spiro atoms. The molecular weight excluding hydrogens is 364 g/mol. The number of carbonyl (C=O) groups excluding carboxylic acids is 2. The standard InChI is InChI=1S/C21H23ClN2O3/c1-13-5-2-3-9-24(13)21(26)15-8-7-14(11-18(15)22)23-20(25)17-12-16(17)19-6-4-10-27-19/h4,6-8,10-11,13,16-17H,2-3,5,9,12H2,1H3,(H,23,25)/t13-,16+,17+/m1/s1. The number of nitrogens with one attached hydrogen (secondary N) is 1. The molecule has 1 aliphatic carbocycles. The van der Waals surface area contributed by atoms with Gasteiger partial charge in [-0.25, -0.2) is 0 Å². The lowest BCUT2D eigenvalue weighted by molar-refractivity contribution is -0.117. The van der Waals surface area contributed by atoms with Crippen molar-refractivity contribution in [3.05, 3.63) is 52.9 Å². The molecule has 1 saturated carbocycles.